The summed E-state index contributed by atoms with van der Waals surface area (Å²) in [5.41, 5.74) is 5.96. The number of aromatic nitrogens is 2. The van der Waals surface area contributed by atoms with Gasteiger partial charge in [-0.25, -0.2) is 10.4 Å². The molecule has 7 heteroatoms. The minimum Gasteiger partial charge on any atom is -0.267 e. The topological polar surface area (TPSA) is 67.2 Å². The number of carbonyl (C=O) groups excluding carboxylic acids is 1. The predicted molar refractivity (Wildman–Crippen MR) is 116 cm³/mol. The molecule has 0 bridgehead atoms. The van der Waals surface area contributed by atoms with Crippen LogP contribution in [0, 0.1) is 0 Å². The molecule has 5 nitrogen and oxygen atoms in total. The van der Waals surface area contributed by atoms with Gasteiger partial charge in [-0.2, -0.15) is 5.10 Å². The third kappa shape index (κ3) is 4.26. The van der Waals surface area contributed by atoms with Gasteiger partial charge in [-0.05, 0) is 42.0 Å². The first-order valence-corrected chi connectivity index (χ1v) is 9.46. The van der Waals surface area contributed by atoms with Crippen LogP contribution in [0.25, 0.3) is 22.2 Å². The number of hydrogen-bond acceptors (Lipinski definition) is 4. The second-order valence-electron chi connectivity index (χ2n) is 6.19. The molecule has 0 spiro atoms. The number of halogens is 2. The minimum atomic E-state index is -0.343. The van der Waals surface area contributed by atoms with Crippen molar-refractivity contribution in [3.63, 3.8) is 0 Å². The number of fused-ring (bicyclic) bond motifs is 1. The Morgan fingerprint density at radius 1 is 1.00 bits per heavy atom. The summed E-state index contributed by atoms with van der Waals surface area (Å²) >= 11 is 11.9. The fraction of sp³-hybridized carbons (Fsp3) is 0. The molecule has 1 amide bonds. The van der Waals surface area contributed by atoms with E-state index in [1.54, 1.807) is 36.7 Å². The number of benzene rings is 2. The zero-order chi connectivity index (χ0) is 20.2. The van der Waals surface area contributed by atoms with E-state index < -0.39 is 0 Å². The molecule has 1 N–H and O–H groups in total. The Labute approximate surface area is 177 Å². The van der Waals surface area contributed by atoms with E-state index in [1.807, 2.05) is 36.4 Å². The highest BCUT2D eigenvalue weighted by molar-refractivity contribution is 6.42. The highest BCUT2D eigenvalue weighted by atomic mass is 35.5. The molecule has 2 heterocycles. The number of pyridine rings is 2. The first-order chi connectivity index (χ1) is 14.1. The molecule has 0 radical (unpaired) electrons. The Hall–Kier alpha value is -3.28. The Morgan fingerprint density at radius 2 is 1.86 bits per heavy atom. The second-order valence-corrected chi connectivity index (χ2v) is 7.00. The summed E-state index contributed by atoms with van der Waals surface area (Å²) < 4.78 is 0. The van der Waals surface area contributed by atoms with Gasteiger partial charge in [-0.1, -0.05) is 47.5 Å². The molecule has 29 heavy (non-hydrogen) atoms. The van der Waals surface area contributed by atoms with Crippen LogP contribution in [0.5, 0.6) is 0 Å². The van der Waals surface area contributed by atoms with Gasteiger partial charge in [0.2, 0.25) is 0 Å². The van der Waals surface area contributed by atoms with E-state index in [0.717, 1.165) is 16.5 Å². The van der Waals surface area contributed by atoms with E-state index in [1.165, 1.54) is 6.21 Å². The van der Waals surface area contributed by atoms with Crippen LogP contribution in [0.3, 0.4) is 0 Å². The van der Waals surface area contributed by atoms with Crippen LogP contribution in [-0.4, -0.2) is 22.1 Å². The van der Waals surface area contributed by atoms with Crippen LogP contribution in [-0.2, 0) is 0 Å². The summed E-state index contributed by atoms with van der Waals surface area (Å²) in [5.74, 6) is -0.343. The molecule has 0 atom stereocenters. The number of nitrogens with zero attached hydrogens (tertiary/aromatic N) is 3. The molecule has 2 aromatic carbocycles. The molecule has 0 fully saturated rings. The van der Waals surface area contributed by atoms with Gasteiger partial charge < -0.3 is 0 Å². The van der Waals surface area contributed by atoms with Crippen molar-refractivity contribution in [1.82, 2.24) is 15.4 Å². The molecule has 0 saturated heterocycles. The quantitative estimate of drug-likeness (QED) is 0.356. The number of amides is 1. The van der Waals surface area contributed by atoms with Crippen LogP contribution < -0.4 is 5.43 Å². The molecule has 2 aromatic heterocycles. The zero-order valence-electron chi connectivity index (χ0n) is 15.0. The second kappa shape index (κ2) is 8.39. The van der Waals surface area contributed by atoms with Crippen LogP contribution in [0.15, 0.2) is 78.2 Å². The number of nitrogens with one attached hydrogen (secondary N) is 1. The average molecular weight is 421 g/mol. The molecule has 0 saturated carbocycles. The van der Waals surface area contributed by atoms with E-state index in [-0.39, 0.29) is 5.91 Å². The summed E-state index contributed by atoms with van der Waals surface area (Å²) in [4.78, 5) is 21.6. The first-order valence-electron chi connectivity index (χ1n) is 8.70. The summed E-state index contributed by atoms with van der Waals surface area (Å²) in [7, 11) is 0. The van der Waals surface area contributed by atoms with Crippen LogP contribution in [0.4, 0.5) is 0 Å². The summed E-state index contributed by atoms with van der Waals surface area (Å²) in [6.07, 6.45) is 4.91. The number of carbonyl (C=O) groups is 1. The summed E-state index contributed by atoms with van der Waals surface area (Å²) in [6.45, 7) is 0. The van der Waals surface area contributed by atoms with Crippen LogP contribution in [0.1, 0.15) is 15.9 Å². The van der Waals surface area contributed by atoms with E-state index in [2.05, 4.69) is 20.5 Å². The SMILES string of the molecule is O=C(NN=Cc1ccc(Cl)c(Cl)c1)c1cc(-c2cccnc2)nc2ccccc12. The third-order valence-electron chi connectivity index (χ3n) is 4.24. The third-order valence-corrected chi connectivity index (χ3v) is 4.98. The lowest BCUT2D eigenvalue weighted by Gasteiger charge is -2.08. The highest BCUT2D eigenvalue weighted by Crippen LogP contribution is 2.24. The lowest BCUT2D eigenvalue weighted by Crippen LogP contribution is -2.18. The molecule has 4 aromatic rings. The Morgan fingerprint density at radius 3 is 2.66 bits per heavy atom. The molecular weight excluding hydrogens is 407 g/mol. The Balaban J connectivity index is 1.66. The van der Waals surface area contributed by atoms with Crippen molar-refractivity contribution in [1.29, 1.82) is 0 Å². The van der Waals surface area contributed by atoms with Gasteiger partial charge in [0.1, 0.15) is 0 Å². The summed E-state index contributed by atoms with van der Waals surface area (Å²) in [5, 5.41) is 5.65. The molecule has 0 unspecified atom stereocenters. The van der Waals surface area contributed by atoms with Gasteiger partial charge in [0, 0.05) is 23.3 Å². The maximum Gasteiger partial charge on any atom is 0.272 e. The van der Waals surface area contributed by atoms with Gasteiger partial charge in [0.25, 0.3) is 5.91 Å². The summed E-state index contributed by atoms with van der Waals surface area (Å²) in [6, 6.07) is 18.0. The zero-order valence-corrected chi connectivity index (χ0v) is 16.5. The van der Waals surface area contributed by atoms with Crippen LogP contribution in [0.2, 0.25) is 10.0 Å². The van der Waals surface area contributed by atoms with Crippen molar-refractivity contribution in [2.75, 3.05) is 0 Å². The monoisotopic (exact) mass is 420 g/mol. The Bertz CT molecular complexity index is 1230. The lowest BCUT2D eigenvalue weighted by molar-refractivity contribution is 0.0956. The van der Waals surface area contributed by atoms with Crippen LogP contribution >= 0.6 is 23.2 Å². The van der Waals surface area contributed by atoms with Crippen molar-refractivity contribution in [3.8, 4) is 11.3 Å². The van der Waals surface area contributed by atoms with E-state index in [4.69, 9.17) is 23.2 Å². The van der Waals surface area contributed by atoms with Crippen molar-refractivity contribution in [2.45, 2.75) is 0 Å². The molecule has 0 aliphatic rings. The largest absolute Gasteiger partial charge is 0.272 e. The maximum absolute atomic E-state index is 12.8. The van der Waals surface area contributed by atoms with Crippen molar-refractivity contribution in [3.05, 3.63) is 94.2 Å². The average Bonchev–Trinajstić information content (AvgIpc) is 2.76. The normalized spacial score (nSPS) is 11.1. The minimum absolute atomic E-state index is 0.343. The standard InChI is InChI=1S/C22H14Cl2N4O/c23-18-8-7-14(10-19(18)24)12-26-28-22(29)17-11-21(15-4-3-9-25-13-15)27-20-6-2-1-5-16(17)20/h1-13H,(H,28,29). The first kappa shape index (κ1) is 19.1. The van der Waals surface area contributed by atoms with E-state index >= 15 is 0 Å². The van der Waals surface area contributed by atoms with Gasteiger partial charge in [0.15, 0.2) is 0 Å². The van der Waals surface area contributed by atoms with E-state index in [0.29, 0.717) is 26.8 Å². The number of para-hydroxylation sites is 1. The van der Waals surface area contributed by atoms with Crippen molar-refractivity contribution in [2.24, 2.45) is 5.10 Å². The highest BCUT2D eigenvalue weighted by Gasteiger charge is 2.13. The Kier molecular flexibility index (Phi) is 5.51. The fourth-order valence-corrected chi connectivity index (χ4v) is 3.15. The lowest BCUT2D eigenvalue weighted by atomic mass is 10.0. The molecule has 142 valence electrons. The smallest absolute Gasteiger partial charge is 0.267 e. The van der Waals surface area contributed by atoms with Gasteiger partial charge in [-0.15, -0.1) is 0 Å². The van der Waals surface area contributed by atoms with E-state index in [9.17, 15) is 4.79 Å². The maximum atomic E-state index is 12.8. The van der Waals surface area contributed by atoms with Gasteiger partial charge >= 0.3 is 0 Å². The number of rotatable bonds is 4. The number of hydrogen-bond donors (Lipinski definition) is 1. The van der Waals surface area contributed by atoms with Gasteiger partial charge in [-0.3, -0.25) is 9.78 Å². The fourth-order valence-electron chi connectivity index (χ4n) is 2.84. The van der Waals surface area contributed by atoms with Crippen molar-refractivity contribution >= 4 is 46.2 Å². The molecule has 0 aliphatic carbocycles. The predicted octanol–water partition coefficient (Wildman–Crippen LogP) is 5.37. The molecule has 4 rings (SSSR count). The van der Waals surface area contributed by atoms with Gasteiger partial charge in [0.05, 0.1) is 33.0 Å². The number of hydrazone groups is 1. The van der Waals surface area contributed by atoms with Crippen molar-refractivity contribution < 1.29 is 4.79 Å². The molecular formula is C22H14Cl2N4O. The molecule has 0 aliphatic heterocycles.